The maximum absolute atomic E-state index is 4.93. The van der Waals surface area contributed by atoms with E-state index in [1.165, 1.54) is 49.7 Å². The molecule has 0 aliphatic heterocycles. The van der Waals surface area contributed by atoms with Gasteiger partial charge >= 0.3 is 37.9 Å². The molecular weight excluding hydrogens is 450 g/mol. The Bertz CT molecular complexity index is 951. The monoisotopic (exact) mass is 474 g/mol. The molecule has 3 heteroatoms. The van der Waals surface area contributed by atoms with Crippen LogP contribution < -0.4 is 0 Å². The van der Waals surface area contributed by atoms with Gasteiger partial charge in [0.2, 0.25) is 0 Å². The fourth-order valence-corrected chi connectivity index (χ4v) is 3.60. The van der Waals surface area contributed by atoms with Gasteiger partial charge in [0.25, 0.3) is 0 Å². The van der Waals surface area contributed by atoms with Crippen LogP contribution >= 0.6 is 17.0 Å². The third kappa shape index (κ3) is 5.20. The summed E-state index contributed by atoms with van der Waals surface area (Å²) in [4.78, 5) is 0. The van der Waals surface area contributed by atoms with Gasteiger partial charge in [-0.3, -0.25) is 6.08 Å². The Morgan fingerprint density at radius 1 is 0.963 bits per heavy atom. The van der Waals surface area contributed by atoms with Crippen molar-refractivity contribution >= 4 is 33.9 Å². The summed E-state index contributed by atoms with van der Waals surface area (Å²) < 4.78 is 0. The normalized spacial score (nSPS) is 14.0. The predicted octanol–water partition coefficient (Wildman–Crippen LogP) is 8.10. The third-order valence-electron chi connectivity index (χ3n) is 5.48. The van der Waals surface area contributed by atoms with Crippen molar-refractivity contribution in [3.05, 3.63) is 81.4 Å². The average Bonchev–Trinajstić information content (AvgIpc) is 3.15. The molecule has 0 nitrogen and oxygen atoms in total. The molecule has 3 aromatic carbocycles. The fraction of sp³-hybridized carbons (Fsp3) is 0.292. The molecule has 1 unspecified atom stereocenters. The zero-order valence-corrected chi connectivity index (χ0v) is 20.8. The van der Waals surface area contributed by atoms with Crippen LogP contribution in [0.5, 0.6) is 0 Å². The Morgan fingerprint density at radius 3 is 2.22 bits per heavy atom. The molecule has 0 amide bonds. The SMILES string of the molecule is CC1[C-]=Cc2ccccc21.Cc1cc2[cH-]c(C)c(C)c2c(C)c1C.[Cl][Zr+2][Cl]. The van der Waals surface area contributed by atoms with Gasteiger partial charge < -0.3 is 0 Å². The first-order chi connectivity index (χ1) is 12.8. The maximum atomic E-state index is 4.93. The van der Waals surface area contributed by atoms with Crippen molar-refractivity contribution in [2.45, 2.75) is 47.5 Å². The Morgan fingerprint density at radius 2 is 1.59 bits per heavy atom. The summed E-state index contributed by atoms with van der Waals surface area (Å²) in [5.74, 6) is 0.496. The minimum absolute atomic E-state index is 0.496. The molecule has 140 valence electrons. The van der Waals surface area contributed by atoms with Gasteiger partial charge in [-0.15, -0.1) is 40.1 Å². The van der Waals surface area contributed by atoms with Crippen LogP contribution in [-0.2, 0) is 20.8 Å². The van der Waals surface area contributed by atoms with E-state index in [0.29, 0.717) is 5.92 Å². The molecule has 0 aromatic heterocycles. The molecule has 0 fully saturated rings. The van der Waals surface area contributed by atoms with Crippen LogP contribution in [0.4, 0.5) is 0 Å². The van der Waals surface area contributed by atoms with E-state index in [1.54, 1.807) is 0 Å². The van der Waals surface area contributed by atoms with Gasteiger partial charge in [0.15, 0.2) is 0 Å². The number of allylic oxidation sites excluding steroid dienone is 1. The number of fused-ring (bicyclic) bond motifs is 2. The van der Waals surface area contributed by atoms with Crippen molar-refractivity contribution in [1.82, 2.24) is 0 Å². The fourth-order valence-electron chi connectivity index (χ4n) is 3.60. The van der Waals surface area contributed by atoms with Gasteiger partial charge in [0.1, 0.15) is 0 Å². The summed E-state index contributed by atoms with van der Waals surface area (Å²) in [7, 11) is 9.87. The van der Waals surface area contributed by atoms with Gasteiger partial charge in [-0.2, -0.15) is 11.1 Å². The molecule has 3 aromatic rings. The molecule has 0 heterocycles. The van der Waals surface area contributed by atoms with Crippen molar-refractivity contribution < 1.29 is 20.8 Å². The molecule has 0 bridgehead atoms. The Labute approximate surface area is 182 Å². The zero-order valence-electron chi connectivity index (χ0n) is 16.9. The number of halogens is 2. The first-order valence-electron chi connectivity index (χ1n) is 9.09. The quantitative estimate of drug-likeness (QED) is 0.288. The number of benzene rings is 2. The number of aryl methyl sites for hydroxylation is 4. The van der Waals surface area contributed by atoms with Crippen LogP contribution in [0.1, 0.15) is 51.8 Å². The van der Waals surface area contributed by atoms with Crippen molar-refractivity contribution in [1.29, 1.82) is 0 Å². The average molecular weight is 477 g/mol. The molecule has 4 rings (SSSR count). The van der Waals surface area contributed by atoms with Crippen LogP contribution in [0.3, 0.4) is 0 Å². The Kier molecular flexibility index (Phi) is 8.47. The number of rotatable bonds is 0. The molecule has 1 aliphatic rings. The van der Waals surface area contributed by atoms with E-state index in [-0.39, 0.29) is 0 Å². The first kappa shape index (κ1) is 22.5. The summed E-state index contributed by atoms with van der Waals surface area (Å²) in [6.07, 6.45) is 5.33. The van der Waals surface area contributed by atoms with E-state index in [9.17, 15) is 0 Å². The van der Waals surface area contributed by atoms with Crippen molar-refractivity contribution in [2.24, 2.45) is 0 Å². The van der Waals surface area contributed by atoms with Crippen LogP contribution in [-0.4, -0.2) is 0 Å². The van der Waals surface area contributed by atoms with E-state index in [0.717, 1.165) is 0 Å². The van der Waals surface area contributed by atoms with Gasteiger partial charge in [0.05, 0.1) is 0 Å². The molecule has 0 spiro atoms. The van der Waals surface area contributed by atoms with Gasteiger partial charge in [-0.25, -0.2) is 6.08 Å². The summed E-state index contributed by atoms with van der Waals surface area (Å²) in [6, 6.07) is 13.0. The minimum atomic E-state index is -0.826. The standard InChI is InChI=1S/C14H17.C10H9.2ClH.Zr/c1-8-6-13-7-9(2)11(4)14(13)12(5)10(8)3;1-8-6-7-9-4-2-3-5-10(8)9;;;/h6-7H,1-5H3;2-5,7-8H,1H3;2*1H;/q2*-1;;;+4/p-2. The second kappa shape index (κ2) is 10.2. The molecule has 0 radical (unpaired) electrons. The summed E-state index contributed by atoms with van der Waals surface area (Å²) in [5.41, 5.74) is 9.88. The number of hydrogen-bond donors (Lipinski definition) is 0. The molecule has 1 aliphatic carbocycles. The van der Waals surface area contributed by atoms with Crippen molar-refractivity contribution in [3.63, 3.8) is 0 Å². The first-order valence-corrected chi connectivity index (χ1v) is 15.4. The van der Waals surface area contributed by atoms with Crippen LogP contribution in [0.15, 0.2) is 36.4 Å². The summed E-state index contributed by atoms with van der Waals surface area (Å²) in [6.45, 7) is 13.2. The molecule has 0 saturated carbocycles. The van der Waals surface area contributed by atoms with Crippen molar-refractivity contribution in [2.75, 3.05) is 0 Å². The molecule has 27 heavy (non-hydrogen) atoms. The van der Waals surface area contributed by atoms with Gasteiger partial charge in [0, 0.05) is 0 Å². The van der Waals surface area contributed by atoms with E-state index in [1.807, 2.05) is 0 Å². The third-order valence-corrected chi connectivity index (χ3v) is 5.48. The second-order valence-corrected chi connectivity index (χ2v) is 10.8. The molecule has 0 N–H and O–H groups in total. The van der Waals surface area contributed by atoms with Crippen LogP contribution in [0.25, 0.3) is 16.8 Å². The number of hydrogen-bond acceptors (Lipinski definition) is 0. The topological polar surface area (TPSA) is 0 Å². The summed E-state index contributed by atoms with van der Waals surface area (Å²) in [5, 5.41) is 2.87. The van der Waals surface area contributed by atoms with Crippen LogP contribution in [0.2, 0.25) is 0 Å². The van der Waals surface area contributed by atoms with Gasteiger partial charge in [-0.05, 0) is 20.8 Å². The Balaban J connectivity index is 0.000000176. The van der Waals surface area contributed by atoms with Gasteiger partial charge in [-0.1, -0.05) is 61.6 Å². The second-order valence-electron chi connectivity index (χ2n) is 7.09. The Hall–Kier alpha value is -0.747. The van der Waals surface area contributed by atoms with E-state index in [4.69, 9.17) is 17.0 Å². The van der Waals surface area contributed by atoms with E-state index in [2.05, 4.69) is 90.1 Å². The van der Waals surface area contributed by atoms with E-state index < -0.39 is 20.8 Å². The predicted molar refractivity (Wildman–Crippen MR) is 117 cm³/mol. The van der Waals surface area contributed by atoms with Crippen molar-refractivity contribution in [3.8, 4) is 0 Å². The molecule has 1 atom stereocenters. The zero-order chi connectivity index (χ0) is 20.1. The molecule has 0 saturated heterocycles. The van der Waals surface area contributed by atoms with Crippen LogP contribution in [0, 0.1) is 40.7 Å². The molecular formula is C24H26Cl2Zr. The summed E-state index contributed by atoms with van der Waals surface area (Å²) >= 11 is -0.826. The van der Waals surface area contributed by atoms with E-state index >= 15 is 0 Å².